The zero-order valence-electron chi connectivity index (χ0n) is 17.8. The minimum Gasteiger partial charge on any atom is -0.481 e. The molecule has 0 saturated heterocycles. The van der Waals surface area contributed by atoms with Gasteiger partial charge in [-0.1, -0.05) is 0 Å². The fourth-order valence-electron chi connectivity index (χ4n) is 1.74. The molecule has 0 aromatic heterocycles. The smallest absolute Gasteiger partial charge is 0.372 e. The summed E-state index contributed by atoms with van der Waals surface area (Å²) < 4.78 is 0. The van der Waals surface area contributed by atoms with Gasteiger partial charge >= 0.3 is 47.8 Å². The van der Waals surface area contributed by atoms with Gasteiger partial charge in [-0.25, -0.2) is 14.4 Å². The average molecular weight is 530 g/mol. The molecule has 0 radical (unpaired) electrons. The first-order valence-corrected chi connectivity index (χ1v) is 8.90. The Morgan fingerprint density at radius 3 is 1.22 bits per heavy atom. The highest BCUT2D eigenvalue weighted by atomic mass is 16.4. The van der Waals surface area contributed by atoms with E-state index in [1.165, 1.54) is 0 Å². The van der Waals surface area contributed by atoms with Crippen LogP contribution in [0.5, 0.6) is 0 Å². The van der Waals surface area contributed by atoms with E-state index in [-0.39, 0.29) is 0 Å². The molecule has 0 amide bonds. The fourth-order valence-corrected chi connectivity index (χ4v) is 1.74. The van der Waals surface area contributed by atoms with Crippen LogP contribution in [0.4, 0.5) is 0 Å². The van der Waals surface area contributed by atoms with Gasteiger partial charge < -0.3 is 51.1 Å². The van der Waals surface area contributed by atoms with Crippen molar-refractivity contribution in [3.8, 4) is 0 Å². The molecule has 0 aliphatic rings. The van der Waals surface area contributed by atoms with Gasteiger partial charge in [-0.3, -0.25) is 28.8 Å². The first kappa shape index (κ1) is 35.9. The molecule has 0 aliphatic carbocycles. The number of carboxylic acids is 8. The summed E-state index contributed by atoms with van der Waals surface area (Å²) in [6, 6.07) is 0. The van der Waals surface area contributed by atoms with Crippen LogP contribution < -0.4 is 0 Å². The number of aliphatic hydroxyl groups is 2. The molecule has 36 heavy (non-hydrogen) atoms. The van der Waals surface area contributed by atoms with Crippen molar-refractivity contribution in [2.75, 3.05) is 0 Å². The van der Waals surface area contributed by atoms with E-state index in [2.05, 4.69) is 0 Å². The molecule has 19 nitrogen and oxygen atoms in total. The summed E-state index contributed by atoms with van der Waals surface area (Å²) >= 11 is 0. The summed E-state index contributed by atoms with van der Waals surface area (Å²) in [5.41, 5.74) is -2.74. The zero-order valence-corrected chi connectivity index (χ0v) is 17.8. The highest BCUT2D eigenvalue weighted by Gasteiger charge is 2.40. The van der Waals surface area contributed by atoms with E-state index in [0.717, 1.165) is 0 Å². The van der Waals surface area contributed by atoms with Gasteiger partial charge in [0.05, 0.1) is 25.7 Å². The fraction of sp³-hybridized carbons (Fsp3) is 0.471. The summed E-state index contributed by atoms with van der Waals surface area (Å²) in [5, 5.41) is 83.3. The number of carbonyl (C=O) groups is 9. The van der Waals surface area contributed by atoms with E-state index in [4.69, 9.17) is 51.1 Å². The normalized spacial score (nSPS) is 11.6. The minimum absolute atomic E-state index is 0.425. The number of carboxylic acid groups (broad SMARTS) is 8. The molecule has 0 rings (SSSR count). The van der Waals surface area contributed by atoms with Gasteiger partial charge in [0.15, 0.2) is 11.7 Å². The summed E-state index contributed by atoms with van der Waals surface area (Å²) in [7, 11) is 0. The van der Waals surface area contributed by atoms with Gasteiger partial charge in [0.1, 0.15) is 5.92 Å². The Kier molecular flexibility index (Phi) is 16.9. The molecule has 2 unspecified atom stereocenters. The lowest BCUT2D eigenvalue weighted by Gasteiger charge is -2.18. The Morgan fingerprint density at radius 2 is 1.00 bits per heavy atom. The Morgan fingerprint density at radius 1 is 0.583 bits per heavy atom. The monoisotopic (exact) mass is 530 g/mol. The zero-order chi connectivity index (χ0) is 29.4. The third-order valence-electron chi connectivity index (χ3n) is 3.44. The lowest BCUT2D eigenvalue weighted by atomic mass is 9.96. The van der Waals surface area contributed by atoms with Crippen molar-refractivity contribution < 1.29 is 94.2 Å². The van der Waals surface area contributed by atoms with Gasteiger partial charge in [0, 0.05) is 6.42 Å². The van der Waals surface area contributed by atoms with E-state index in [9.17, 15) is 43.2 Å². The van der Waals surface area contributed by atoms with Crippen LogP contribution in [0.2, 0.25) is 0 Å². The molecule has 0 bridgehead atoms. The summed E-state index contributed by atoms with van der Waals surface area (Å²) in [6.07, 6.45) is -6.28. The minimum atomic E-state index is -2.74. The van der Waals surface area contributed by atoms with Crippen molar-refractivity contribution in [2.24, 2.45) is 5.92 Å². The van der Waals surface area contributed by atoms with Crippen LogP contribution in [-0.2, 0) is 43.2 Å². The number of Topliss-reactive ketones (excluding diaryl/α,β-unsaturated/α-hetero) is 1. The largest absolute Gasteiger partial charge is 0.481 e. The molecule has 0 fully saturated rings. The van der Waals surface area contributed by atoms with E-state index in [0.29, 0.717) is 0 Å². The lowest BCUT2D eigenvalue weighted by molar-refractivity contribution is -0.170. The number of aliphatic carboxylic acids is 8. The second kappa shape index (κ2) is 16.9. The second-order valence-electron chi connectivity index (χ2n) is 6.43. The molecule has 0 spiro atoms. The van der Waals surface area contributed by atoms with Crippen LogP contribution in [0.15, 0.2) is 0 Å². The average Bonchev–Trinajstić information content (AvgIpc) is 2.68. The summed E-state index contributed by atoms with van der Waals surface area (Å²) in [4.78, 5) is 90.7. The number of aliphatic hydroxyl groups excluding tert-OH is 1. The third kappa shape index (κ3) is 17.9. The Balaban J connectivity index is -0.000000459. The second-order valence-corrected chi connectivity index (χ2v) is 6.43. The van der Waals surface area contributed by atoms with Crippen LogP contribution in [0.25, 0.3) is 0 Å². The SMILES string of the molecule is O=C(O)CC(C(=O)O)C(O)C(=O)O.O=C(O)CC(O)(CC(=O)O)C(=O)O.O=C(O)CCC(=O)C(=O)O. The molecule has 204 valence electrons. The van der Waals surface area contributed by atoms with Gasteiger partial charge in [-0.2, -0.15) is 0 Å². The summed E-state index contributed by atoms with van der Waals surface area (Å²) in [5.74, 6) is -15.6. The number of hydrogen-bond donors (Lipinski definition) is 10. The number of carbonyl (C=O) groups excluding carboxylic acids is 1. The quantitative estimate of drug-likeness (QED) is 0.0991. The topological polar surface area (TPSA) is 356 Å². The third-order valence-corrected chi connectivity index (χ3v) is 3.44. The maximum atomic E-state index is 10.3. The van der Waals surface area contributed by atoms with Crippen LogP contribution in [0.3, 0.4) is 0 Å². The molecule has 0 saturated carbocycles. The van der Waals surface area contributed by atoms with Crippen LogP contribution in [-0.4, -0.2) is 116 Å². The molecule has 0 heterocycles. The van der Waals surface area contributed by atoms with Crippen LogP contribution in [0, 0.1) is 5.92 Å². The highest BCUT2D eigenvalue weighted by molar-refractivity contribution is 6.32. The Hall–Kier alpha value is -4.65. The van der Waals surface area contributed by atoms with Crippen molar-refractivity contribution >= 4 is 53.5 Å². The lowest BCUT2D eigenvalue weighted by Crippen LogP contribution is -2.42. The highest BCUT2D eigenvalue weighted by Crippen LogP contribution is 2.15. The van der Waals surface area contributed by atoms with Crippen molar-refractivity contribution in [2.45, 2.75) is 43.8 Å². The predicted molar refractivity (Wildman–Crippen MR) is 104 cm³/mol. The van der Waals surface area contributed by atoms with E-state index < -0.39 is 103 Å². The molecule has 10 N–H and O–H groups in total. The molecule has 0 aliphatic heterocycles. The number of ketones is 1. The van der Waals surface area contributed by atoms with Gasteiger partial charge in [0.25, 0.3) is 0 Å². The van der Waals surface area contributed by atoms with Gasteiger partial charge in [-0.05, 0) is 0 Å². The van der Waals surface area contributed by atoms with E-state index in [1.54, 1.807) is 0 Å². The Bertz CT molecular complexity index is 855. The number of hydrogen-bond acceptors (Lipinski definition) is 11. The van der Waals surface area contributed by atoms with Crippen molar-refractivity contribution in [1.29, 1.82) is 0 Å². The molecule has 0 aromatic rings. The van der Waals surface area contributed by atoms with Crippen LogP contribution >= 0.6 is 0 Å². The summed E-state index contributed by atoms with van der Waals surface area (Å²) in [6.45, 7) is 0. The molecule has 2 atom stereocenters. The first-order valence-electron chi connectivity index (χ1n) is 8.90. The molecular weight excluding hydrogens is 508 g/mol. The number of rotatable bonds is 14. The van der Waals surface area contributed by atoms with Crippen molar-refractivity contribution in [3.63, 3.8) is 0 Å². The predicted octanol–water partition coefficient (Wildman–Crippen LogP) is -3.14. The molecule has 0 aromatic carbocycles. The van der Waals surface area contributed by atoms with Crippen LogP contribution in [0.1, 0.15) is 32.1 Å². The van der Waals surface area contributed by atoms with E-state index in [1.807, 2.05) is 0 Å². The maximum absolute atomic E-state index is 10.3. The van der Waals surface area contributed by atoms with Crippen molar-refractivity contribution in [1.82, 2.24) is 0 Å². The van der Waals surface area contributed by atoms with E-state index >= 15 is 0 Å². The van der Waals surface area contributed by atoms with Gasteiger partial charge in [0.2, 0.25) is 5.78 Å². The maximum Gasteiger partial charge on any atom is 0.372 e. The van der Waals surface area contributed by atoms with Gasteiger partial charge in [-0.15, -0.1) is 0 Å². The first-order chi connectivity index (χ1) is 16.2. The Labute approximate surface area is 198 Å². The molecule has 19 heteroatoms. The molecular formula is C17H22O19. The standard InChI is InChI=1S/2C6H8O7.C5H6O5/c7-3(8)1-6(13,5(11)12)2-4(9)10;7-3(8)1-2(5(10)11)4(9)6(12)13;6-3(5(9)10)1-2-4(7)8/h13H,1-2H2,(H,7,8)(H,9,10)(H,11,12);2,4,9H,1H2,(H,7,8)(H,10,11)(H,12,13);1-2H2,(H,7,8)(H,9,10). The van der Waals surface area contributed by atoms with Crippen molar-refractivity contribution in [3.05, 3.63) is 0 Å².